The number of hydrogen-bond acceptors (Lipinski definition) is 13. The van der Waals surface area contributed by atoms with Crippen LogP contribution in [0.2, 0.25) is 0 Å². The molecule has 0 bridgehead atoms. The normalized spacial score (nSPS) is 23.8. The minimum atomic E-state index is -1.03. The predicted molar refractivity (Wildman–Crippen MR) is 105 cm³/mol. The number of nitroso groups, excluding NO2 is 1. The molecule has 1 aromatic carbocycles. The number of nitrogens with one attached hydrogen (secondary N) is 1. The molecule has 0 aliphatic carbocycles. The van der Waals surface area contributed by atoms with Crippen molar-refractivity contribution in [1.82, 2.24) is 0 Å². The minimum absolute atomic E-state index is 0.0477. The maximum absolute atomic E-state index is 10.7. The monoisotopic (exact) mass is 459 g/mol. The number of fused-ring (bicyclic) bond motifs is 1. The Bertz CT molecular complexity index is 804. The van der Waals surface area contributed by atoms with Crippen molar-refractivity contribution in [3.63, 3.8) is 0 Å². The fourth-order valence-electron chi connectivity index (χ4n) is 2.85. The summed E-state index contributed by atoms with van der Waals surface area (Å²) in [6.07, 6.45) is -3.12. The quantitative estimate of drug-likeness (QED) is 0.316. The van der Waals surface area contributed by atoms with Gasteiger partial charge in [0.15, 0.2) is 12.2 Å². The van der Waals surface area contributed by atoms with Crippen LogP contribution in [0, 0.1) is 35.3 Å². The average Bonchev–Trinajstić information content (AvgIpc) is 3.30. The molecule has 3 rings (SSSR count). The van der Waals surface area contributed by atoms with Gasteiger partial charge in [0.25, 0.3) is 10.2 Å². The molecule has 2 heterocycles. The van der Waals surface area contributed by atoms with Crippen LogP contribution in [0.15, 0.2) is 29.4 Å². The molecule has 2 aliphatic heterocycles. The number of anilines is 1. The summed E-state index contributed by atoms with van der Waals surface area (Å²) >= 11 is 0. The highest BCUT2D eigenvalue weighted by molar-refractivity contribution is 5.50. The van der Waals surface area contributed by atoms with Crippen LogP contribution in [0.5, 0.6) is 0 Å². The van der Waals surface area contributed by atoms with E-state index in [0.717, 1.165) is 5.69 Å². The lowest BCUT2D eigenvalue weighted by Crippen LogP contribution is -2.38. The molecule has 0 spiro atoms. The first-order valence-electron chi connectivity index (χ1n) is 9.21. The van der Waals surface area contributed by atoms with E-state index in [-0.39, 0.29) is 24.7 Å². The van der Waals surface area contributed by atoms with E-state index in [4.69, 9.17) is 9.47 Å². The molecule has 4 atom stereocenters. The van der Waals surface area contributed by atoms with Crippen LogP contribution in [-0.2, 0) is 19.1 Å². The summed E-state index contributed by atoms with van der Waals surface area (Å²) in [5, 5.41) is 34.7. The molecule has 32 heavy (non-hydrogen) atoms. The molecule has 2 fully saturated rings. The zero-order valence-electron chi connectivity index (χ0n) is 17.0. The fourth-order valence-corrected chi connectivity index (χ4v) is 2.85. The smallest absolute Gasteiger partial charge is 0.294 e. The highest BCUT2D eigenvalue weighted by atomic mass is 17.0. The van der Waals surface area contributed by atoms with Gasteiger partial charge in [0.05, 0.1) is 19.8 Å². The van der Waals surface area contributed by atoms with E-state index in [1.165, 1.54) is 0 Å². The minimum Gasteiger partial charge on any atom is -0.378 e. The third-order valence-electron chi connectivity index (χ3n) is 4.60. The second kappa shape index (κ2) is 10.6. The molecule has 0 aromatic heterocycles. The molecule has 2 saturated heterocycles. The standard InChI is InChI=1S/C10H13N3O3.C6H8N2O8/c1-10(2,13(15)16)7-11-8-3-5-9(12-14)6-4-8;9-7(10)15-3-1-13-6-4(16-8(11)12)2-14-5(3)6/h3-6,11H,7H2,1-2H3;3-6H,1-2H2/t;3-,4+,5-,6-/m.1/s1. The molecule has 1 N–H and O–H groups in total. The Labute approximate surface area is 180 Å². The van der Waals surface area contributed by atoms with E-state index in [2.05, 4.69) is 20.2 Å². The van der Waals surface area contributed by atoms with E-state index in [0.29, 0.717) is 5.69 Å². The number of nitrogens with zero attached hydrogens (tertiary/aromatic N) is 4. The molecule has 0 amide bonds. The Hall–Kier alpha value is -3.66. The lowest BCUT2D eigenvalue weighted by molar-refractivity contribution is -0.769. The Morgan fingerprint density at radius 3 is 1.84 bits per heavy atom. The third kappa shape index (κ3) is 6.67. The first-order valence-corrected chi connectivity index (χ1v) is 9.21. The van der Waals surface area contributed by atoms with Crippen molar-refractivity contribution in [2.45, 2.75) is 43.8 Å². The van der Waals surface area contributed by atoms with Gasteiger partial charge in [0.1, 0.15) is 17.9 Å². The van der Waals surface area contributed by atoms with Crippen molar-refractivity contribution in [2.75, 3.05) is 25.1 Å². The molecule has 0 unspecified atom stereocenters. The predicted octanol–water partition coefficient (Wildman–Crippen LogP) is 1.49. The van der Waals surface area contributed by atoms with Crippen molar-refractivity contribution in [2.24, 2.45) is 5.18 Å². The van der Waals surface area contributed by atoms with Crippen LogP contribution in [0.1, 0.15) is 13.8 Å². The summed E-state index contributed by atoms with van der Waals surface area (Å²) in [5.41, 5.74) is 0.0307. The van der Waals surface area contributed by atoms with Crippen molar-refractivity contribution in [3.8, 4) is 0 Å². The van der Waals surface area contributed by atoms with Gasteiger partial charge in [-0.15, -0.1) is 25.1 Å². The summed E-state index contributed by atoms with van der Waals surface area (Å²) in [7, 11) is 0. The van der Waals surface area contributed by atoms with Crippen molar-refractivity contribution in [3.05, 3.63) is 59.5 Å². The maximum Gasteiger partial charge on any atom is 0.294 e. The first kappa shape index (κ1) is 24.6. The molecule has 176 valence electrons. The summed E-state index contributed by atoms with van der Waals surface area (Å²) in [6.45, 7) is 3.21. The number of ether oxygens (including phenoxy) is 2. The molecular weight excluding hydrogens is 438 g/mol. The Balaban J connectivity index is 0.000000227. The highest BCUT2D eigenvalue weighted by Crippen LogP contribution is 2.30. The number of rotatable bonds is 9. The van der Waals surface area contributed by atoms with Crippen LogP contribution in [-0.4, -0.2) is 64.8 Å². The van der Waals surface area contributed by atoms with Crippen LogP contribution < -0.4 is 5.32 Å². The van der Waals surface area contributed by atoms with Crippen molar-refractivity contribution < 1.29 is 34.2 Å². The average molecular weight is 459 g/mol. The van der Waals surface area contributed by atoms with Crippen LogP contribution >= 0.6 is 0 Å². The van der Waals surface area contributed by atoms with Crippen LogP contribution in [0.25, 0.3) is 0 Å². The van der Waals surface area contributed by atoms with Crippen molar-refractivity contribution in [1.29, 1.82) is 0 Å². The summed E-state index contributed by atoms with van der Waals surface area (Å²) in [4.78, 5) is 49.4. The summed E-state index contributed by atoms with van der Waals surface area (Å²) < 4.78 is 10.2. The topological polar surface area (TPSA) is 208 Å². The van der Waals surface area contributed by atoms with Gasteiger partial charge in [-0.1, -0.05) is 0 Å². The molecule has 2 aliphatic rings. The van der Waals surface area contributed by atoms with E-state index in [1.54, 1.807) is 38.1 Å². The van der Waals surface area contributed by atoms with E-state index in [1.807, 2.05) is 0 Å². The van der Waals surface area contributed by atoms with Crippen LogP contribution in [0.3, 0.4) is 0 Å². The van der Waals surface area contributed by atoms with E-state index < -0.39 is 40.1 Å². The van der Waals surface area contributed by atoms with E-state index >= 15 is 0 Å². The lowest BCUT2D eigenvalue weighted by Gasteiger charge is -2.16. The van der Waals surface area contributed by atoms with Gasteiger partial charge in [-0.25, -0.2) is 0 Å². The largest absolute Gasteiger partial charge is 0.378 e. The van der Waals surface area contributed by atoms with Gasteiger partial charge >= 0.3 is 0 Å². The van der Waals surface area contributed by atoms with Gasteiger partial charge in [-0.3, -0.25) is 10.1 Å². The second-order valence-corrected chi connectivity index (χ2v) is 7.39. The summed E-state index contributed by atoms with van der Waals surface area (Å²) in [6, 6.07) is 6.42. The molecule has 0 saturated carbocycles. The lowest BCUT2D eigenvalue weighted by atomic mass is 10.1. The Morgan fingerprint density at radius 1 is 1.00 bits per heavy atom. The van der Waals surface area contributed by atoms with Gasteiger partial charge in [-0.05, 0) is 29.4 Å². The third-order valence-corrected chi connectivity index (χ3v) is 4.60. The zero-order valence-corrected chi connectivity index (χ0v) is 17.0. The number of nitro groups is 1. The molecule has 1 aromatic rings. The molecular formula is C16H21N5O11. The molecule has 0 radical (unpaired) electrons. The molecule has 16 heteroatoms. The van der Waals surface area contributed by atoms with Gasteiger partial charge in [0.2, 0.25) is 5.54 Å². The van der Waals surface area contributed by atoms with Crippen molar-refractivity contribution >= 4 is 11.4 Å². The first-order chi connectivity index (χ1) is 15.0. The second-order valence-electron chi connectivity index (χ2n) is 7.39. The summed E-state index contributed by atoms with van der Waals surface area (Å²) in [5.74, 6) is 0. The van der Waals surface area contributed by atoms with E-state index in [9.17, 15) is 35.3 Å². The maximum atomic E-state index is 10.7. The molecule has 16 nitrogen and oxygen atoms in total. The fraction of sp³-hybridized carbons (Fsp3) is 0.625. The highest BCUT2D eigenvalue weighted by Gasteiger charge is 2.51. The Morgan fingerprint density at radius 2 is 1.47 bits per heavy atom. The van der Waals surface area contributed by atoms with Crippen LogP contribution in [0.4, 0.5) is 11.4 Å². The Kier molecular flexibility index (Phi) is 8.14. The van der Waals surface area contributed by atoms with Gasteiger partial charge < -0.3 is 24.5 Å². The van der Waals surface area contributed by atoms with Gasteiger partial charge in [0, 0.05) is 24.5 Å². The zero-order chi connectivity index (χ0) is 23.9. The van der Waals surface area contributed by atoms with Gasteiger partial charge in [-0.2, -0.15) is 0 Å². The number of hydrogen-bond donors (Lipinski definition) is 1. The SMILES string of the molecule is CC(C)(CNc1ccc(N=O)cc1)[N+](=O)[O-].O=[N+]([O-])O[C@H]1CO[C@H]2[C@@H]1OC[C@H]2O[N+](=O)[O-]. The number of benzene rings is 1.